The maximum atomic E-state index is 11.7. The van der Waals surface area contributed by atoms with Crippen molar-refractivity contribution in [3.63, 3.8) is 0 Å². The molecule has 0 atom stereocenters. The minimum atomic E-state index is -0.361. The van der Waals surface area contributed by atoms with Gasteiger partial charge in [-0.05, 0) is 18.2 Å². The number of nitrogen functional groups attached to an aromatic ring is 2. The fraction of sp³-hybridized carbons (Fsp3) is 0. The number of phenols is 1. The Morgan fingerprint density at radius 1 is 1.19 bits per heavy atom. The van der Waals surface area contributed by atoms with Crippen LogP contribution in [0.2, 0.25) is 0 Å². The lowest BCUT2D eigenvalue weighted by atomic mass is 10.2. The molecule has 5 nitrogen and oxygen atoms in total. The number of aromatic hydroxyl groups is 1. The summed E-state index contributed by atoms with van der Waals surface area (Å²) in [5, 5.41) is 9.33. The molecule has 1 heterocycles. The molecule has 0 bridgehead atoms. The molecule has 0 aliphatic rings. The molecule has 0 radical (unpaired) electrons. The molecule has 0 fully saturated rings. The second kappa shape index (κ2) is 3.62. The van der Waals surface area contributed by atoms with Gasteiger partial charge in [-0.15, -0.1) is 0 Å². The van der Waals surface area contributed by atoms with Crippen molar-refractivity contribution in [2.75, 3.05) is 11.5 Å². The standard InChI is InChI=1S/C11H11N3O2/c12-7-4-10(13)11(16)14(6-7)8-2-1-3-9(15)5-8/h1-6,15H,12-13H2. The molecule has 16 heavy (non-hydrogen) atoms. The third kappa shape index (κ3) is 1.70. The summed E-state index contributed by atoms with van der Waals surface area (Å²) in [5.74, 6) is 0.0744. The normalized spacial score (nSPS) is 10.2. The average molecular weight is 217 g/mol. The van der Waals surface area contributed by atoms with Gasteiger partial charge in [-0.25, -0.2) is 0 Å². The molecule has 0 saturated carbocycles. The smallest absolute Gasteiger partial charge is 0.278 e. The van der Waals surface area contributed by atoms with Crippen LogP contribution in [0.1, 0.15) is 0 Å². The van der Waals surface area contributed by atoms with Crippen LogP contribution in [0.5, 0.6) is 5.75 Å². The monoisotopic (exact) mass is 217 g/mol. The van der Waals surface area contributed by atoms with Crippen LogP contribution in [0.25, 0.3) is 5.69 Å². The van der Waals surface area contributed by atoms with Gasteiger partial charge in [-0.2, -0.15) is 0 Å². The number of nitrogens with zero attached hydrogens (tertiary/aromatic N) is 1. The number of nitrogens with two attached hydrogens (primary N) is 2. The van der Waals surface area contributed by atoms with Gasteiger partial charge in [-0.3, -0.25) is 9.36 Å². The van der Waals surface area contributed by atoms with Gasteiger partial charge in [0.1, 0.15) is 11.4 Å². The Labute approximate surface area is 91.6 Å². The highest BCUT2D eigenvalue weighted by molar-refractivity contribution is 5.52. The number of hydrogen-bond acceptors (Lipinski definition) is 4. The molecular weight excluding hydrogens is 206 g/mol. The highest BCUT2D eigenvalue weighted by atomic mass is 16.3. The van der Waals surface area contributed by atoms with Crippen LogP contribution in [0.3, 0.4) is 0 Å². The Kier molecular flexibility index (Phi) is 2.28. The number of pyridine rings is 1. The number of hydrogen-bond donors (Lipinski definition) is 3. The molecular formula is C11H11N3O2. The summed E-state index contributed by atoms with van der Waals surface area (Å²) in [7, 11) is 0. The highest BCUT2D eigenvalue weighted by Gasteiger charge is 2.04. The van der Waals surface area contributed by atoms with E-state index in [2.05, 4.69) is 0 Å². The summed E-state index contributed by atoms with van der Waals surface area (Å²) in [6, 6.07) is 7.70. The first-order valence-corrected chi connectivity index (χ1v) is 4.65. The lowest BCUT2D eigenvalue weighted by Gasteiger charge is -2.08. The van der Waals surface area contributed by atoms with E-state index < -0.39 is 0 Å². The number of rotatable bonds is 1. The van der Waals surface area contributed by atoms with E-state index >= 15 is 0 Å². The maximum absolute atomic E-state index is 11.7. The van der Waals surface area contributed by atoms with E-state index in [1.54, 1.807) is 12.1 Å². The molecule has 0 spiro atoms. The summed E-state index contributed by atoms with van der Waals surface area (Å²) in [6.45, 7) is 0. The van der Waals surface area contributed by atoms with E-state index in [4.69, 9.17) is 11.5 Å². The van der Waals surface area contributed by atoms with Crippen LogP contribution in [-0.4, -0.2) is 9.67 Å². The number of aromatic nitrogens is 1. The highest BCUT2D eigenvalue weighted by Crippen LogP contribution is 2.15. The maximum Gasteiger partial charge on any atom is 0.278 e. The SMILES string of the molecule is Nc1cc(N)c(=O)n(-c2cccc(O)c2)c1. The molecule has 82 valence electrons. The lowest BCUT2D eigenvalue weighted by molar-refractivity contribution is 0.475. The minimum Gasteiger partial charge on any atom is -0.508 e. The van der Waals surface area contributed by atoms with Gasteiger partial charge in [0.05, 0.1) is 11.4 Å². The summed E-state index contributed by atoms with van der Waals surface area (Å²) in [6.07, 6.45) is 1.47. The van der Waals surface area contributed by atoms with E-state index in [1.807, 2.05) is 0 Å². The molecule has 1 aromatic heterocycles. The largest absolute Gasteiger partial charge is 0.508 e. The summed E-state index contributed by atoms with van der Waals surface area (Å²) in [5.41, 5.74) is 11.7. The number of phenolic OH excluding ortho intramolecular Hbond substituents is 1. The predicted octanol–water partition coefficient (Wildman–Crippen LogP) is 0.707. The number of benzene rings is 1. The van der Waals surface area contributed by atoms with E-state index in [0.29, 0.717) is 11.4 Å². The molecule has 2 aromatic rings. The van der Waals surface area contributed by atoms with E-state index in [9.17, 15) is 9.90 Å². The fourth-order valence-corrected chi connectivity index (χ4v) is 1.46. The van der Waals surface area contributed by atoms with Crippen LogP contribution in [-0.2, 0) is 0 Å². The molecule has 0 unspecified atom stereocenters. The van der Waals surface area contributed by atoms with E-state index in [0.717, 1.165) is 0 Å². The zero-order valence-corrected chi connectivity index (χ0v) is 8.42. The topological polar surface area (TPSA) is 94.3 Å². The zero-order valence-electron chi connectivity index (χ0n) is 8.42. The molecule has 0 amide bonds. The van der Waals surface area contributed by atoms with Crippen molar-refractivity contribution in [3.05, 3.63) is 46.9 Å². The Hall–Kier alpha value is -2.43. The summed E-state index contributed by atoms with van der Waals surface area (Å²) in [4.78, 5) is 11.7. The van der Waals surface area contributed by atoms with Gasteiger partial charge in [0.15, 0.2) is 0 Å². The lowest BCUT2D eigenvalue weighted by Crippen LogP contribution is -2.21. The zero-order chi connectivity index (χ0) is 11.7. The minimum absolute atomic E-state index is 0.0725. The second-order valence-electron chi connectivity index (χ2n) is 3.42. The third-order valence-electron chi connectivity index (χ3n) is 2.17. The van der Waals surface area contributed by atoms with Gasteiger partial charge in [0, 0.05) is 12.3 Å². The summed E-state index contributed by atoms with van der Waals surface area (Å²) < 4.78 is 1.30. The molecule has 0 aliphatic carbocycles. The number of anilines is 2. The molecule has 1 aromatic carbocycles. The molecule has 2 rings (SSSR count). The Balaban J connectivity index is 2.69. The Bertz CT molecular complexity index is 590. The quantitative estimate of drug-likeness (QED) is 0.655. The van der Waals surface area contributed by atoms with Gasteiger partial charge in [0.25, 0.3) is 5.56 Å². The van der Waals surface area contributed by atoms with Crippen molar-refractivity contribution in [3.8, 4) is 11.4 Å². The first-order chi connectivity index (χ1) is 7.58. The van der Waals surface area contributed by atoms with Crippen LogP contribution in [0.4, 0.5) is 11.4 Å². The molecule has 0 aliphatic heterocycles. The van der Waals surface area contributed by atoms with Crippen LogP contribution < -0.4 is 17.0 Å². The van der Waals surface area contributed by atoms with Crippen molar-refractivity contribution in [2.24, 2.45) is 0 Å². The van der Waals surface area contributed by atoms with Gasteiger partial charge in [0.2, 0.25) is 0 Å². The first-order valence-electron chi connectivity index (χ1n) is 4.65. The van der Waals surface area contributed by atoms with E-state index in [1.165, 1.54) is 29.0 Å². The Morgan fingerprint density at radius 2 is 1.94 bits per heavy atom. The third-order valence-corrected chi connectivity index (χ3v) is 2.17. The summed E-state index contributed by atoms with van der Waals surface area (Å²) >= 11 is 0. The van der Waals surface area contributed by atoms with Crippen LogP contribution in [0, 0.1) is 0 Å². The van der Waals surface area contributed by atoms with E-state index in [-0.39, 0.29) is 17.0 Å². The second-order valence-corrected chi connectivity index (χ2v) is 3.42. The fourth-order valence-electron chi connectivity index (χ4n) is 1.46. The van der Waals surface area contributed by atoms with Crippen molar-refractivity contribution in [1.29, 1.82) is 0 Å². The Morgan fingerprint density at radius 3 is 2.62 bits per heavy atom. The molecule has 5 heteroatoms. The van der Waals surface area contributed by atoms with Crippen LogP contribution >= 0.6 is 0 Å². The van der Waals surface area contributed by atoms with Crippen molar-refractivity contribution in [1.82, 2.24) is 4.57 Å². The molecule has 5 N–H and O–H groups in total. The van der Waals surface area contributed by atoms with Crippen molar-refractivity contribution < 1.29 is 5.11 Å². The predicted molar refractivity (Wildman–Crippen MR) is 62.5 cm³/mol. The van der Waals surface area contributed by atoms with Crippen LogP contribution in [0.15, 0.2) is 41.3 Å². The van der Waals surface area contributed by atoms with Crippen molar-refractivity contribution >= 4 is 11.4 Å². The van der Waals surface area contributed by atoms with Gasteiger partial charge < -0.3 is 16.6 Å². The van der Waals surface area contributed by atoms with Crippen molar-refractivity contribution in [2.45, 2.75) is 0 Å². The average Bonchev–Trinajstić information content (AvgIpc) is 2.23. The molecule has 0 saturated heterocycles. The van der Waals surface area contributed by atoms with Gasteiger partial charge in [-0.1, -0.05) is 6.07 Å². The first kappa shape index (κ1) is 10.1. The van der Waals surface area contributed by atoms with Gasteiger partial charge >= 0.3 is 0 Å².